The minimum atomic E-state index is -1.34. The third kappa shape index (κ3) is 11.1. The number of carboxylic acids is 1. The number of hydrogen-bond acceptors (Lipinski definition) is 8. The van der Waals surface area contributed by atoms with Crippen molar-refractivity contribution in [3.63, 3.8) is 0 Å². The number of rotatable bonds is 18. The van der Waals surface area contributed by atoms with Crippen LogP contribution in [-0.2, 0) is 30.0 Å². The Kier molecular flexibility index (Phi) is 14.9. The van der Waals surface area contributed by atoms with Crippen molar-refractivity contribution in [3.8, 4) is 5.75 Å². The molecule has 3 amide bonds. The third-order valence-corrected chi connectivity index (χ3v) is 11.3. The molecule has 1 aliphatic heterocycles. The van der Waals surface area contributed by atoms with Gasteiger partial charge in [0, 0.05) is 23.4 Å². The second-order valence-corrected chi connectivity index (χ2v) is 14.9. The summed E-state index contributed by atoms with van der Waals surface area (Å²) >= 11 is 1.46. The third-order valence-electron chi connectivity index (χ3n) is 8.82. The Bertz CT molecular complexity index is 1670. The quantitative estimate of drug-likeness (QED) is 0.123. The van der Waals surface area contributed by atoms with Crippen LogP contribution in [0.25, 0.3) is 0 Å². The van der Waals surface area contributed by atoms with Crippen molar-refractivity contribution in [1.29, 1.82) is 0 Å². The number of nitrogens with zero attached hydrogens (tertiary/aromatic N) is 1. The zero-order valence-electron chi connectivity index (χ0n) is 29.4. The van der Waals surface area contributed by atoms with Crippen LogP contribution in [-0.4, -0.2) is 71.3 Å². The van der Waals surface area contributed by atoms with Crippen molar-refractivity contribution < 1.29 is 33.2 Å². The number of ether oxygens (including phenoxy) is 1. The summed E-state index contributed by atoms with van der Waals surface area (Å²) in [6.07, 6.45) is 8.11. The molecule has 0 bridgehead atoms. The van der Waals surface area contributed by atoms with Gasteiger partial charge in [0.1, 0.15) is 18.3 Å². The van der Waals surface area contributed by atoms with Crippen molar-refractivity contribution in [1.82, 2.24) is 16.0 Å². The van der Waals surface area contributed by atoms with Crippen LogP contribution in [0.15, 0.2) is 82.6 Å². The molecule has 1 aliphatic rings. The van der Waals surface area contributed by atoms with Gasteiger partial charge in [-0.1, -0.05) is 88.1 Å². The largest absolute Gasteiger partial charge is 0.483 e. The number of carbonyl (C=O) groups is 4. The number of aliphatic carboxylic acids is 1. The number of unbranched alkanes of at least 4 members (excludes halogenated alkanes) is 2. The van der Waals surface area contributed by atoms with E-state index in [-0.39, 0.29) is 5.41 Å². The van der Waals surface area contributed by atoms with E-state index in [1.54, 1.807) is 36.4 Å². The minimum absolute atomic E-state index is 0.143. The molecule has 0 radical (unpaired) electrons. The van der Waals surface area contributed by atoms with Gasteiger partial charge in [-0.15, -0.1) is 11.8 Å². The second kappa shape index (κ2) is 19.3. The van der Waals surface area contributed by atoms with Gasteiger partial charge in [0.05, 0.1) is 32.8 Å². The number of hydrogen-bond donors (Lipinski definition) is 4. The van der Waals surface area contributed by atoms with Crippen LogP contribution in [0.1, 0.15) is 64.0 Å². The maximum Gasteiger partial charge on any atom is 0.322 e. The van der Waals surface area contributed by atoms with Crippen molar-refractivity contribution in [2.45, 2.75) is 68.2 Å². The first-order valence-corrected chi connectivity index (χ1v) is 19.8. The van der Waals surface area contributed by atoms with E-state index in [9.17, 15) is 23.4 Å². The second-order valence-electron chi connectivity index (χ2n) is 12.7. The number of thioether (sulfide) groups is 1. The minimum Gasteiger partial charge on any atom is -0.483 e. The summed E-state index contributed by atoms with van der Waals surface area (Å²) in [5.41, 5.74) is 2.23. The van der Waals surface area contributed by atoms with E-state index in [4.69, 9.17) is 9.84 Å². The molecule has 0 saturated heterocycles. The van der Waals surface area contributed by atoms with Gasteiger partial charge in [0.2, 0.25) is 11.8 Å². The number of carbonyl (C=O) groups excluding carboxylic acids is 3. The highest BCUT2D eigenvalue weighted by molar-refractivity contribution is 7.98. The Balaban J connectivity index is 1.58. The van der Waals surface area contributed by atoms with Crippen LogP contribution in [0.5, 0.6) is 5.75 Å². The molecular formula is C38H48N4O7S2. The van der Waals surface area contributed by atoms with E-state index in [1.165, 1.54) is 11.8 Å². The monoisotopic (exact) mass is 736 g/mol. The van der Waals surface area contributed by atoms with Crippen molar-refractivity contribution >= 4 is 57.6 Å². The van der Waals surface area contributed by atoms with Crippen LogP contribution >= 0.6 is 11.8 Å². The summed E-state index contributed by atoms with van der Waals surface area (Å²) < 4.78 is 20.4. The fraction of sp³-hybridized carbons (Fsp3) is 0.421. The Morgan fingerprint density at radius 2 is 1.57 bits per heavy atom. The van der Waals surface area contributed by atoms with Gasteiger partial charge < -0.3 is 30.7 Å². The number of amides is 3. The first-order chi connectivity index (χ1) is 24.6. The summed E-state index contributed by atoms with van der Waals surface area (Å²) in [5, 5.41) is 16.1. The average molecular weight is 737 g/mol. The number of fused-ring (bicyclic) bond motifs is 1. The number of nitrogens with one attached hydrogen (secondary N) is 3. The lowest BCUT2D eigenvalue weighted by molar-refractivity contribution is -0.138. The summed E-state index contributed by atoms with van der Waals surface area (Å²) in [5.74, 6) is -2.18. The molecule has 4 rings (SSSR count). The molecule has 0 spiro atoms. The summed E-state index contributed by atoms with van der Waals surface area (Å²) in [4.78, 5) is 53.0. The van der Waals surface area contributed by atoms with Gasteiger partial charge in [-0.2, -0.15) is 0 Å². The first-order valence-electron chi connectivity index (χ1n) is 17.3. The zero-order chi connectivity index (χ0) is 36.8. The van der Waals surface area contributed by atoms with Crippen LogP contribution in [0.4, 0.5) is 11.4 Å². The number of carboxylic acid groups (broad SMARTS) is 1. The molecule has 11 nitrogen and oxygen atoms in total. The summed E-state index contributed by atoms with van der Waals surface area (Å²) in [6, 6.07) is 21.4. The Labute approximate surface area is 306 Å². The molecule has 51 heavy (non-hydrogen) atoms. The highest BCUT2D eigenvalue weighted by atomic mass is 32.2. The first kappa shape index (κ1) is 39.4. The predicted molar refractivity (Wildman–Crippen MR) is 201 cm³/mol. The van der Waals surface area contributed by atoms with E-state index in [1.807, 2.05) is 30.5 Å². The molecule has 0 aromatic heterocycles. The van der Waals surface area contributed by atoms with Crippen LogP contribution < -0.4 is 25.6 Å². The normalized spacial score (nSPS) is 15.5. The summed E-state index contributed by atoms with van der Waals surface area (Å²) in [7, 11) is -1.34. The smallest absolute Gasteiger partial charge is 0.322 e. The molecule has 0 saturated carbocycles. The molecule has 2 atom stereocenters. The van der Waals surface area contributed by atoms with Crippen molar-refractivity contribution in [2.75, 3.05) is 43.1 Å². The molecular weight excluding hydrogens is 689 g/mol. The molecule has 0 aliphatic carbocycles. The van der Waals surface area contributed by atoms with Crippen LogP contribution in [0, 0.1) is 5.41 Å². The van der Waals surface area contributed by atoms with Gasteiger partial charge >= 0.3 is 5.97 Å². The molecule has 274 valence electrons. The molecule has 1 unspecified atom stereocenters. The lowest BCUT2D eigenvalue weighted by Gasteiger charge is -2.37. The lowest BCUT2D eigenvalue weighted by atomic mass is 9.79. The summed E-state index contributed by atoms with van der Waals surface area (Å²) in [6.45, 7) is 3.65. The van der Waals surface area contributed by atoms with Gasteiger partial charge in [-0.05, 0) is 48.9 Å². The number of benzene rings is 3. The van der Waals surface area contributed by atoms with Crippen LogP contribution in [0.3, 0.4) is 0 Å². The fourth-order valence-electron chi connectivity index (χ4n) is 6.19. The van der Waals surface area contributed by atoms with Gasteiger partial charge in [0.25, 0.3) is 5.91 Å². The lowest BCUT2D eigenvalue weighted by Crippen LogP contribution is -2.45. The van der Waals surface area contributed by atoms with Gasteiger partial charge in [-0.25, -0.2) is 0 Å². The molecule has 0 fully saturated rings. The number of anilines is 2. The predicted octanol–water partition coefficient (Wildman–Crippen LogP) is 5.59. The Morgan fingerprint density at radius 3 is 2.18 bits per heavy atom. The van der Waals surface area contributed by atoms with E-state index >= 15 is 0 Å². The van der Waals surface area contributed by atoms with Crippen molar-refractivity contribution in [2.24, 2.45) is 5.41 Å². The molecule has 1 heterocycles. The molecule has 3 aromatic rings. The Morgan fingerprint density at radius 1 is 0.922 bits per heavy atom. The van der Waals surface area contributed by atoms with E-state index in [2.05, 4.69) is 46.8 Å². The molecule has 13 heteroatoms. The maximum atomic E-state index is 14.3. The van der Waals surface area contributed by atoms with Crippen LogP contribution in [0.2, 0.25) is 0 Å². The fourth-order valence-corrected chi connectivity index (χ4v) is 8.47. The Hall–Kier alpha value is -4.36. The van der Waals surface area contributed by atoms with E-state index < -0.39 is 60.2 Å². The van der Waals surface area contributed by atoms with Crippen molar-refractivity contribution in [3.05, 3.63) is 78.4 Å². The topological polar surface area (TPSA) is 154 Å². The van der Waals surface area contributed by atoms with E-state index in [0.717, 1.165) is 61.3 Å². The number of para-hydroxylation sites is 1. The standard InChI is InChI=1S/C38H48N4O7S2/c1-4-6-18-38(19-7-5-2)25-42(28-16-12-9-13-17-28)29-20-31(50-3)30(21-32(29)51(48)26-38)49-24-34(44)41-36(27-14-10-8-11-15-27)37(47)40-22-33(43)39-23-35(45)46/h8-17,20-21,36H,4-7,18-19,22-26H2,1-3H3,(H,39,43)(H,40,47)(H,41,44)(H,45,46)/t36-,51?/m1/s1. The SMILES string of the molecule is CCCCC1(CCCC)CN(c2ccccc2)c2cc(SC)c(OCC(=O)N[C@@H](C(=O)NCC(=O)NCC(=O)O)c3ccccc3)cc2S(=O)C1. The maximum absolute atomic E-state index is 14.3. The zero-order valence-corrected chi connectivity index (χ0v) is 31.1. The molecule has 3 aromatic carbocycles. The molecule has 4 N–H and O–H groups in total. The van der Waals surface area contributed by atoms with E-state index in [0.29, 0.717) is 22.0 Å². The highest BCUT2D eigenvalue weighted by Gasteiger charge is 2.39. The van der Waals surface area contributed by atoms with Gasteiger partial charge in [-0.3, -0.25) is 23.4 Å². The van der Waals surface area contributed by atoms with Gasteiger partial charge in [0.15, 0.2) is 6.61 Å². The average Bonchev–Trinajstić information content (AvgIpc) is 3.26. The highest BCUT2D eigenvalue weighted by Crippen LogP contribution is 2.46.